The van der Waals surface area contributed by atoms with Gasteiger partial charge in [0.15, 0.2) is 0 Å². The first-order chi connectivity index (χ1) is 15.3. The van der Waals surface area contributed by atoms with Crippen molar-refractivity contribution in [1.82, 2.24) is 0 Å². The van der Waals surface area contributed by atoms with Crippen LogP contribution in [0, 0.1) is 0 Å². The molecule has 0 aromatic heterocycles. The summed E-state index contributed by atoms with van der Waals surface area (Å²) in [6.45, 7) is 0. The van der Waals surface area contributed by atoms with Crippen molar-refractivity contribution >= 4 is 11.4 Å². The number of hydrazone groups is 1. The highest BCUT2D eigenvalue weighted by Crippen LogP contribution is 2.46. The Bertz CT molecular complexity index is 1160. The van der Waals surface area contributed by atoms with E-state index in [9.17, 15) is 0 Å². The number of hydrogen-bond acceptors (Lipinski definition) is 3. The zero-order valence-electron chi connectivity index (χ0n) is 17.4. The number of hydrogen-bond donors (Lipinski definition) is 0. The van der Waals surface area contributed by atoms with Crippen molar-refractivity contribution in [2.24, 2.45) is 5.10 Å². The van der Waals surface area contributed by atoms with Crippen molar-refractivity contribution < 1.29 is 4.74 Å². The number of nitrogens with zero attached hydrogens (tertiary/aromatic N) is 2. The molecule has 0 saturated carbocycles. The Labute approximate surface area is 183 Å². The van der Waals surface area contributed by atoms with E-state index >= 15 is 0 Å². The molecule has 0 unspecified atom stereocenters. The molecule has 0 fully saturated rings. The lowest BCUT2D eigenvalue weighted by molar-refractivity contribution is 0.414. The van der Waals surface area contributed by atoms with Crippen LogP contribution in [0.2, 0.25) is 0 Å². The van der Waals surface area contributed by atoms with E-state index in [2.05, 4.69) is 96.0 Å². The smallest absolute Gasteiger partial charge is 0.118 e. The van der Waals surface area contributed by atoms with Crippen LogP contribution >= 0.6 is 0 Å². The van der Waals surface area contributed by atoms with E-state index in [0.717, 1.165) is 22.7 Å². The lowest BCUT2D eigenvalue weighted by Gasteiger charge is -2.29. The van der Waals surface area contributed by atoms with E-state index in [1.807, 2.05) is 24.3 Å². The molecule has 0 bridgehead atoms. The molecule has 4 aromatic rings. The van der Waals surface area contributed by atoms with Crippen molar-refractivity contribution in [3.63, 3.8) is 0 Å². The summed E-state index contributed by atoms with van der Waals surface area (Å²) < 4.78 is 5.40. The van der Waals surface area contributed by atoms with Gasteiger partial charge in [0.25, 0.3) is 0 Å². The molecule has 0 amide bonds. The Kier molecular flexibility index (Phi) is 5.24. The van der Waals surface area contributed by atoms with Gasteiger partial charge >= 0.3 is 0 Å². The predicted molar refractivity (Wildman–Crippen MR) is 127 cm³/mol. The molecule has 0 aliphatic carbocycles. The van der Waals surface area contributed by atoms with Crippen molar-refractivity contribution in [3.8, 4) is 5.75 Å². The monoisotopic (exact) mass is 404 g/mol. The summed E-state index contributed by atoms with van der Waals surface area (Å²) in [6, 6.07) is 40.0. The van der Waals surface area contributed by atoms with Gasteiger partial charge in [-0.1, -0.05) is 91.0 Å². The highest BCUT2D eigenvalue weighted by Gasteiger charge is 2.40. The fourth-order valence-electron chi connectivity index (χ4n) is 4.31. The molecule has 0 radical (unpaired) electrons. The van der Waals surface area contributed by atoms with Gasteiger partial charge in [0.1, 0.15) is 5.75 Å². The SMILES string of the molecule is COc1ccc([C@H]2C(c3ccccc3)=NN(c3ccccc3)[C@@H]2c2ccccc2)cc1. The molecule has 3 nitrogen and oxygen atoms in total. The van der Waals surface area contributed by atoms with Crippen molar-refractivity contribution in [2.75, 3.05) is 12.1 Å². The van der Waals surface area contributed by atoms with Crippen LogP contribution in [0.3, 0.4) is 0 Å². The summed E-state index contributed by atoms with van der Waals surface area (Å²) >= 11 is 0. The first-order valence-electron chi connectivity index (χ1n) is 10.5. The van der Waals surface area contributed by atoms with Gasteiger partial charge in [-0.25, -0.2) is 0 Å². The molecule has 3 heteroatoms. The molecule has 2 atom stereocenters. The number of anilines is 1. The zero-order valence-corrected chi connectivity index (χ0v) is 17.4. The first-order valence-corrected chi connectivity index (χ1v) is 10.5. The van der Waals surface area contributed by atoms with Crippen LogP contribution < -0.4 is 9.75 Å². The van der Waals surface area contributed by atoms with E-state index in [4.69, 9.17) is 9.84 Å². The molecule has 0 spiro atoms. The predicted octanol–water partition coefficient (Wildman–Crippen LogP) is 6.44. The lowest BCUT2D eigenvalue weighted by atomic mass is 9.82. The highest BCUT2D eigenvalue weighted by atomic mass is 16.5. The Morgan fingerprint density at radius 1 is 0.645 bits per heavy atom. The lowest BCUT2D eigenvalue weighted by Crippen LogP contribution is -2.24. The Hall–Kier alpha value is -3.85. The number of methoxy groups -OCH3 is 1. The molecular weight excluding hydrogens is 380 g/mol. The average Bonchev–Trinajstić information content (AvgIpc) is 3.26. The van der Waals surface area contributed by atoms with E-state index in [1.54, 1.807) is 7.11 Å². The molecule has 152 valence electrons. The second-order valence-corrected chi connectivity index (χ2v) is 7.64. The minimum absolute atomic E-state index is 0.0483. The van der Waals surface area contributed by atoms with Crippen LogP contribution in [-0.2, 0) is 0 Å². The van der Waals surface area contributed by atoms with Crippen LogP contribution in [0.15, 0.2) is 120 Å². The second kappa shape index (κ2) is 8.49. The molecule has 31 heavy (non-hydrogen) atoms. The third-order valence-corrected chi connectivity index (χ3v) is 5.80. The molecule has 1 aliphatic heterocycles. The molecule has 1 aliphatic rings. The van der Waals surface area contributed by atoms with Gasteiger partial charge in [-0.2, -0.15) is 5.10 Å². The van der Waals surface area contributed by atoms with Gasteiger partial charge in [-0.15, -0.1) is 0 Å². The van der Waals surface area contributed by atoms with Crippen molar-refractivity contribution in [2.45, 2.75) is 12.0 Å². The third kappa shape index (κ3) is 3.71. The van der Waals surface area contributed by atoms with Crippen molar-refractivity contribution in [3.05, 3.63) is 132 Å². The second-order valence-electron chi connectivity index (χ2n) is 7.64. The van der Waals surface area contributed by atoms with E-state index < -0.39 is 0 Å². The molecule has 0 saturated heterocycles. The highest BCUT2D eigenvalue weighted by molar-refractivity contribution is 6.08. The standard InChI is InChI=1S/C28H24N2O/c1-31-25-19-17-21(18-20-25)26-27(22-11-5-2-6-12-22)29-30(24-15-9-4-10-16-24)28(26)23-13-7-3-8-14-23/h2-20,26,28H,1H3/t26-,28+/m0/s1. The summed E-state index contributed by atoms with van der Waals surface area (Å²) in [6.07, 6.45) is 0. The third-order valence-electron chi connectivity index (χ3n) is 5.80. The fraction of sp³-hybridized carbons (Fsp3) is 0.107. The Balaban J connectivity index is 1.70. The normalized spacial score (nSPS) is 18.0. The molecule has 0 N–H and O–H groups in total. The summed E-state index contributed by atoms with van der Waals surface area (Å²) in [4.78, 5) is 0. The average molecular weight is 405 g/mol. The zero-order chi connectivity index (χ0) is 21.0. The van der Waals surface area contributed by atoms with Crippen molar-refractivity contribution in [1.29, 1.82) is 0 Å². The first kappa shape index (κ1) is 19.1. The molecule has 1 heterocycles. The summed E-state index contributed by atoms with van der Waals surface area (Å²) in [7, 11) is 1.70. The van der Waals surface area contributed by atoms with Crippen LogP contribution in [0.4, 0.5) is 5.69 Å². The Morgan fingerprint density at radius 2 is 1.23 bits per heavy atom. The van der Waals surface area contributed by atoms with Gasteiger partial charge in [0.05, 0.1) is 30.5 Å². The van der Waals surface area contributed by atoms with Gasteiger partial charge in [-0.05, 0) is 41.0 Å². The van der Waals surface area contributed by atoms with Gasteiger partial charge < -0.3 is 4.74 Å². The summed E-state index contributed by atoms with van der Waals surface area (Å²) in [5.41, 5.74) is 5.75. The van der Waals surface area contributed by atoms with Crippen LogP contribution in [-0.4, -0.2) is 12.8 Å². The van der Waals surface area contributed by atoms with E-state index in [-0.39, 0.29) is 12.0 Å². The molecule has 5 rings (SSSR count). The largest absolute Gasteiger partial charge is 0.497 e. The minimum Gasteiger partial charge on any atom is -0.497 e. The molecule has 4 aromatic carbocycles. The quantitative estimate of drug-likeness (QED) is 0.382. The van der Waals surface area contributed by atoms with Gasteiger partial charge in [-0.3, -0.25) is 5.01 Å². The van der Waals surface area contributed by atoms with Gasteiger partial charge in [0, 0.05) is 0 Å². The van der Waals surface area contributed by atoms with Crippen LogP contribution in [0.25, 0.3) is 0 Å². The fourth-order valence-corrected chi connectivity index (χ4v) is 4.31. The maximum absolute atomic E-state index is 5.40. The van der Waals surface area contributed by atoms with Crippen LogP contribution in [0.1, 0.15) is 28.7 Å². The van der Waals surface area contributed by atoms with E-state index in [1.165, 1.54) is 11.1 Å². The minimum atomic E-state index is 0.0483. The number of para-hydroxylation sites is 1. The topological polar surface area (TPSA) is 24.8 Å². The van der Waals surface area contributed by atoms with E-state index in [0.29, 0.717) is 0 Å². The van der Waals surface area contributed by atoms with Gasteiger partial charge in [0.2, 0.25) is 0 Å². The van der Waals surface area contributed by atoms with Crippen LogP contribution in [0.5, 0.6) is 5.75 Å². The number of benzene rings is 4. The number of ether oxygens (including phenoxy) is 1. The maximum Gasteiger partial charge on any atom is 0.118 e. The summed E-state index contributed by atoms with van der Waals surface area (Å²) in [5, 5.41) is 7.38. The Morgan fingerprint density at radius 3 is 1.84 bits per heavy atom. The summed E-state index contributed by atoms with van der Waals surface area (Å²) in [5.74, 6) is 0.937. The molecular formula is C28H24N2O. The maximum atomic E-state index is 5.40. The number of rotatable bonds is 5.